The maximum Gasteiger partial charge on any atom is 0.182 e. The van der Waals surface area contributed by atoms with Gasteiger partial charge in [0.05, 0.1) is 24.9 Å². The van der Waals surface area contributed by atoms with Crippen molar-refractivity contribution >= 4 is 11.4 Å². The summed E-state index contributed by atoms with van der Waals surface area (Å²) in [5, 5.41) is 0. The van der Waals surface area contributed by atoms with Gasteiger partial charge in [-0.25, -0.2) is 0 Å². The predicted molar refractivity (Wildman–Crippen MR) is 72.1 cm³/mol. The largest absolute Gasteiger partial charge is 0.464 e. The molecule has 0 amide bonds. The number of hydrogen-bond acceptors (Lipinski definition) is 4. The van der Waals surface area contributed by atoms with Crippen LogP contribution in [0.25, 0.3) is 5.57 Å². The molecule has 1 fully saturated rings. The minimum absolute atomic E-state index is 0.160. The van der Waals surface area contributed by atoms with Gasteiger partial charge in [0.1, 0.15) is 5.76 Å². The van der Waals surface area contributed by atoms with E-state index in [1.54, 1.807) is 12.3 Å². The van der Waals surface area contributed by atoms with E-state index in [2.05, 4.69) is 6.92 Å². The number of furan rings is 1. The van der Waals surface area contributed by atoms with Crippen molar-refractivity contribution in [3.63, 3.8) is 0 Å². The minimum atomic E-state index is -0.638. The fraction of sp³-hybridized carbons (Fsp3) is 0.562. The van der Waals surface area contributed by atoms with Crippen molar-refractivity contribution in [3.8, 4) is 0 Å². The van der Waals surface area contributed by atoms with Crippen LogP contribution in [0.15, 0.2) is 16.8 Å². The normalized spacial score (nSPS) is 31.1. The third kappa shape index (κ3) is 1.36. The molecule has 1 aromatic rings. The highest BCUT2D eigenvalue weighted by atomic mass is 16.7. The number of carbonyl (C=O) groups is 1. The van der Waals surface area contributed by atoms with Gasteiger partial charge in [0, 0.05) is 24.0 Å². The molecule has 4 rings (SSSR count). The van der Waals surface area contributed by atoms with Crippen molar-refractivity contribution < 1.29 is 18.7 Å². The highest BCUT2D eigenvalue weighted by Crippen LogP contribution is 2.58. The van der Waals surface area contributed by atoms with Gasteiger partial charge in [0.2, 0.25) is 0 Å². The van der Waals surface area contributed by atoms with Gasteiger partial charge < -0.3 is 13.9 Å². The number of fused-ring (bicyclic) bond motifs is 4. The molecule has 1 aliphatic heterocycles. The van der Waals surface area contributed by atoms with Crippen molar-refractivity contribution in [2.45, 2.75) is 38.9 Å². The van der Waals surface area contributed by atoms with Crippen LogP contribution in [-0.2, 0) is 20.7 Å². The average Bonchev–Trinajstić information content (AvgIpc) is 3.02. The summed E-state index contributed by atoms with van der Waals surface area (Å²) in [7, 11) is 0. The van der Waals surface area contributed by atoms with E-state index in [1.807, 2.05) is 6.92 Å². The Labute approximate surface area is 117 Å². The molecule has 20 heavy (non-hydrogen) atoms. The molecule has 0 aromatic carbocycles. The first-order valence-electron chi connectivity index (χ1n) is 7.16. The molecule has 0 bridgehead atoms. The van der Waals surface area contributed by atoms with Crippen molar-refractivity contribution in [2.75, 3.05) is 13.2 Å². The van der Waals surface area contributed by atoms with Crippen LogP contribution in [0.5, 0.6) is 0 Å². The van der Waals surface area contributed by atoms with Gasteiger partial charge in [0.25, 0.3) is 0 Å². The minimum Gasteiger partial charge on any atom is -0.464 e. The summed E-state index contributed by atoms with van der Waals surface area (Å²) in [6.45, 7) is 5.39. The molecule has 0 saturated carbocycles. The zero-order valence-corrected chi connectivity index (χ0v) is 11.8. The number of rotatable bonds is 0. The van der Waals surface area contributed by atoms with E-state index in [4.69, 9.17) is 13.9 Å². The summed E-state index contributed by atoms with van der Waals surface area (Å²) < 4.78 is 17.8. The lowest BCUT2D eigenvalue weighted by molar-refractivity contribution is -0.219. The number of carbonyl (C=O) groups excluding carboxylic acids is 1. The fourth-order valence-electron chi connectivity index (χ4n) is 3.83. The molecule has 4 nitrogen and oxygen atoms in total. The van der Waals surface area contributed by atoms with Crippen LogP contribution in [0.3, 0.4) is 0 Å². The summed E-state index contributed by atoms with van der Waals surface area (Å²) in [5.74, 6) is 0.372. The molecule has 0 radical (unpaired) electrons. The van der Waals surface area contributed by atoms with Gasteiger partial charge in [-0.1, -0.05) is 6.92 Å². The third-order valence-electron chi connectivity index (χ3n) is 5.12. The van der Waals surface area contributed by atoms with E-state index in [0.29, 0.717) is 26.1 Å². The van der Waals surface area contributed by atoms with Crippen LogP contribution in [0, 0.1) is 12.3 Å². The van der Waals surface area contributed by atoms with Crippen LogP contribution >= 0.6 is 0 Å². The second-order valence-electron chi connectivity index (χ2n) is 6.21. The van der Waals surface area contributed by atoms with E-state index < -0.39 is 5.79 Å². The van der Waals surface area contributed by atoms with E-state index >= 15 is 0 Å². The quantitative estimate of drug-likeness (QED) is 0.729. The number of ether oxygens (including phenoxy) is 2. The van der Waals surface area contributed by atoms with Gasteiger partial charge in [-0.3, -0.25) is 4.79 Å². The molecule has 2 aliphatic carbocycles. The number of ketones is 1. The zero-order valence-electron chi connectivity index (χ0n) is 11.8. The predicted octanol–water partition coefficient (Wildman–Crippen LogP) is 2.64. The van der Waals surface area contributed by atoms with Crippen molar-refractivity contribution in [1.29, 1.82) is 0 Å². The van der Waals surface area contributed by atoms with Crippen molar-refractivity contribution in [3.05, 3.63) is 29.2 Å². The van der Waals surface area contributed by atoms with Gasteiger partial charge in [0.15, 0.2) is 11.6 Å². The monoisotopic (exact) mass is 274 g/mol. The standard InChI is InChI=1S/C16H18O4/c1-10-9-18-14-12(10)8-16(19-5-6-20-16)15(2)4-3-11(17)7-13(14)15/h7,9H,3-6,8H2,1-2H3. The molecular weight excluding hydrogens is 256 g/mol. The van der Waals surface area contributed by atoms with Gasteiger partial charge in [-0.05, 0) is 25.0 Å². The Morgan fingerprint density at radius 1 is 1.25 bits per heavy atom. The Morgan fingerprint density at radius 2 is 2.00 bits per heavy atom. The maximum absolute atomic E-state index is 11.9. The molecule has 106 valence electrons. The Hall–Kier alpha value is -1.39. The van der Waals surface area contributed by atoms with Crippen molar-refractivity contribution in [2.24, 2.45) is 5.41 Å². The van der Waals surface area contributed by atoms with Crippen LogP contribution < -0.4 is 0 Å². The van der Waals surface area contributed by atoms with E-state index in [0.717, 1.165) is 28.9 Å². The van der Waals surface area contributed by atoms with Crippen LogP contribution in [0.2, 0.25) is 0 Å². The molecule has 0 N–H and O–H groups in total. The molecule has 1 atom stereocenters. The van der Waals surface area contributed by atoms with E-state index in [1.165, 1.54) is 0 Å². The summed E-state index contributed by atoms with van der Waals surface area (Å²) in [6, 6.07) is 0. The number of aryl methyl sites for hydroxylation is 1. The van der Waals surface area contributed by atoms with E-state index in [9.17, 15) is 4.79 Å². The van der Waals surface area contributed by atoms with Gasteiger partial charge in [-0.2, -0.15) is 0 Å². The summed E-state index contributed by atoms with van der Waals surface area (Å²) in [6.07, 6.45) is 5.49. The third-order valence-corrected chi connectivity index (χ3v) is 5.12. The molecule has 1 aromatic heterocycles. The average molecular weight is 274 g/mol. The first-order chi connectivity index (χ1) is 9.56. The zero-order chi connectivity index (χ0) is 14.0. The number of hydrogen-bond donors (Lipinski definition) is 0. The van der Waals surface area contributed by atoms with Crippen LogP contribution in [0.1, 0.15) is 36.7 Å². The highest BCUT2D eigenvalue weighted by Gasteiger charge is 2.60. The first kappa shape index (κ1) is 12.4. The Kier molecular flexibility index (Phi) is 2.37. The second kappa shape index (κ2) is 3.83. The molecular formula is C16H18O4. The summed E-state index contributed by atoms with van der Waals surface area (Å²) in [4.78, 5) is 11.9. The topological polar surface area (TPSA) is 48.7 Å². The molecule has 4 heteroatoms. The summed E-state index contributed by atoms with van der Waals surface area (Å²) in [5.41, 5.74) is 2.85. The SMILES string of the molecule is Cc1coc2c1CC1(OCCO1)C1(C)CCC(=O)C=C21. The Balaban J connectivity index is 1.98. The lowest BCUT2D eigenvalue weighted by Gasteiger charge is -2.49. The Bertz CT molecular complexity index is 618. The molecule has 1 unspecified atom stereocenters. The maximum atomic E-state index is 11.9. The van der Waals surface area contributed by atoms with E-state index in [-0.39, 0.29) is 11.2 Å². The molecule has 1 spiro atoms. The lowest BCUT2D eigenvalue weighted by Crippen LogP contribution is -2.53. The number of allylic oxidation sites excluding steroid dienone is 1. The second-order valence-corrected chi connectivity index (χ2v) is 6.21. The lowest BCUT2D eigenvalue weighted by atomic mass is 9.61. The highest BCUT2D eigenvalue weighted by molar-refractivity contribution is 6.00. The van der Waals surface area contributed by atoms with Gasteiger partial charge >= 0.3 is 0 Å². The van der Waals surface area contributed by atoms with Crippen LogP contribution in [0.4, 0.5) is 0 Å². The molecule has 2 heterocycles. The first-order valence-corrected chi connectivity index (χ1v) is 7.16. The smallest absolute Gasteiger partial charge is 0.182 e. The fourth-order valence-corrected chi connectivity index (χ4v) is 3.83. The molecule has 1 saturated heterocycles. The summed E-state index contributed by atoms with van der Waals surface area (Å²) >= 11 is 0. The van der Waals surface area contributed by atoms with Gasteiger partial charge in [-0.15, -0.1) is 0 Å². The Morgan fingerprint density at radius 3 is 2.75 bits per heavy atom. The van der Waals surface area contributed by atoms with Crippen LogP contribution in [-0.4, -0.2) is 24.8 Å². The van der Waals surface area contributed by atoms with Crippen molar-refractivity contribution in [1.82, 2.24) is 0 Å². The molecule has 3 aliphatic rings.